The summed E-state index contributed by atoms with van der Waals surface area (Å²) in [7, 11) is 0. The Labute approximate surface area is 119 Å². The van der Waals surface area contributed by atoms with Gasteiger partial charge in [0.05, 0.1) is 0 Å². The summed E-state index contributed by atoms with van der Waals surface area (Å²) in [4.78, 5) is 16.3. The van der Waals surface area contributed by atoms with Gasteiger partial charge >= 0.3 is 0 Å². The molecule has 0 atom stereocenters. The van der Waals surface area contributed by atoms with E-state index in [4.69, 9.17) is 0 Å². The molecule has 0 unspecified atom stereocenters. The summed E-state index contributed by atoms with van der Waals surface area (Å²) in [6, 6.07) is 6.23. The fourth-order valence-corrected chi connectivity index (χ4v) is 2.49. The lowest BCUT2D eigenvalue weighted by molar-refractivity contribution is 0.0992. The van der Waals surface area contributed by atoms with Crippen LogP contribution in [0.1, 0.15) is 28.4 Å². The van der Waals surface area contributed by atoms with Crippen LogP contribution in [0.3, 0.4) is 0 Å². The second kappa shape index (κ2) is 6.06. The Balaban J connectivity index is 2.25. The van der Waals surface area contributed by atoms with Gasteiger partial charge in [0, 0.05) is 28.9 Å². The number of Topliss-reactive ketones (excluding diaryl/α,β-unsaturated/α-hetero) is 1. The molecule has 98 valence electrons. The summed E-state index contributed by atoms with van der Waals surface area (Å²) in [6.07, 6.45) is 4.25. The zero-order chi connectivity index (χ0) is 13.8. The van der Waals surface area contributed by atoms with E-state index in [2.05, 4.69) is 20.9 Å². The van der Waals surface area contributed by atoms with Crippen LogP contribution in [0.15, 0.2) is 41.1 Å². The van der Waals surface area contributed by atoms with E-state index in [1.807, 2.05) is 6.92 Å². The van der Waals surface area contributed by atoms with Crippen LogP contribution in [-0.4, -0.2) is 10.8 Å². The third kappa shape index (κ3) is 3.47. The van der Waals surface area contributed by atoms with Crippen LogP contribution in [-0.2, 0) is 12.8 Å². The van der Waals surface area contributed by atoms with E-state index < -0.39 is 0 Å². The third-order valence-corrected chi connectivity index (χ3v) is 3.33. The Morgan fingerprint density at radius 1 is 1.37 bits per heavy atom. The Hall–Kier alpha value is -1.55. The lowest BCUT2D eigenvalue weighted by Crippen LogP contribution is -2.07. The number of halogens is 2. The molecular formula is C15H13BrFNO. The molecule has 1 heterocycles. The highest BCUT2D eigenvalue weighted by molar-refractivity contribution is 9.10. The number of hydrogen-bond donors (Lipinski definition) is 0. The number of aryl methyl sites for hydroxylation is 1. The Morgan fingerprint density at radius 3 is 2.84 bits per heavy atom. The van der Waals surface area contributed by atoms with E-state index >= 15 is 0 Å². The zero-order valence-corrected chi connectivity index (χ0v) is 12.1. The molecule has 19 heavy (non-hydrogen) atoms. The maximum atomic E-state index is 13.3. The third-order valence-electron chi connectivity index (χ3n) is 2.87. The van der Waals surface area contributed by atoms with Crippen molar-refractivity contribution in [3.05, 3.63) is 63.6 Å². The molecule has 4 heteroatoms. The first-order valence-electron chi connectivity index (χ1n) is 6.01. The SMILES string of the molecule is CCc1cnccc1C(=O)Cc1cc(F)cc(Br)c1. The molecule has 2 aromatic rings. The van der Waals surface area contributed by atoms with Crippen molar-refractivity contribution in [2.75, 3.05) is 0 Å². The van der Waals surface area contributed by atoms with Crippen molar-refractivity contribution in [3.63, 3.8) is 0 Å². The molecule has 0 aliphatic carbocycles. The molecule has 0 radical (unpaired) electrons. The van der Waals surface area contributed by atoms with Gasteiger partial charge in [0.1, 0.15) is 5.82 Å². The quantitative estimate of drug-likeness (QED) is 0.797. The van der Waals surface area contributed by atoms with Gasteiger partial charge in [-0.2, -0.15) is 0 Å². The molecule has 1 aromatic heterocycles. The van der Waals surface area contributed by atoms with Crippen molar-refractivity contribution in [1.82, 2.24) is 4.98 Å². The van der Waals surface area contributed by atoms with Crippen molar-refractivity contribution in [2.45, 2.75) is 19.8 Å². The number of rotatable bonds is 4. The monoisotopic (exact) mass is 321 g/mol. The average Bonchev–Trinajstić information content (AvgIpc) is 2.37. The predicted octanol–water partition coefficient (Wildman–Crippen LogP) is 3.97. The Bertz CT molecular complexity index is 593. The highest BCUT2D eigenvalue weighted by atomic mass is 79.9. The fourth-order valence-electron chi connectivity index (χ4n) is 1.97. The molecule has 0 amide bonds. The second-order valence-corrected chi connectivity index (χ2v) is 5.18. The lowest BCUT2D eigenvalue weighted by atomic mass is 9.99. The van der Waals surface area contributed by atoms with Crippen molar-refractivity contribution < 1.29 is 9.18 Å². The molecule has 0 aliphatic rings. The van der Waals surface area contributed by atoms with E-state index in [-0.39, 0.29) is 18.0 Å². The Morgan fingerprint density at radius 2 is 2.16 bits per heavy atom. The summed E-state index contributed by atoms with van der Waals surface area (Å²) in [5.74, 6) is -0.362. The molecule has 0 aliphatic heterocycles. The lowest BCUT2D eigenvalue weighted by Gasteiger charge is -2.06. The molecule has 2 nitrogen and oxygen atoms in total. The predicted molar refractivity (Wildman–Crippen MR) is 75.7 cm³/mol. The van der Waals surface area contributed by atoms with Crippen molar-refractivity contribution in [1.29, 1.82) is 0 Å². The van der Waals surface area contributed by atoms with Crippen molar-refractivity contribution >= 4 is 21.7 Å². The standard InChI is InChI=1S/C15H13BrFNO/c1-2-11-9-18-4-3-14(11)15(19)7-10-5-12(16)8-13(17)6-10/h3-6,8-9H,2,7H2,1H3. The normalized spacial score (nSPS) is 10.5. The van der Waals surface area contributed by atoms with Crippen LogP contribution in [0.2, 0.25) is 0 Å². The van der Waals surface area contributed by atoms with E-state index in [0.29, 0.717) is 15.6 Å². The van der Waals surface area contributed by atoms with Crippen LogP contribution >= 0.6 is 15.9 Å². The van der Waals surface area contributed by atoms with Crippen LogP contribution in [0.5, 0.6) is 0 Å². The number of aromatic nitrogens is 1. The van der Waals surface area contributed by atoms with Crippen LogP contribution in [0.4, 0.5) is 4.39 Å². The zero-order valence-electron chi connectivity index (χ0n) is 10.5. The van der Waals surface area contributed by atoms with Gasteiger partial charge in [0.25, 0.3) is 0 Å². The number of pyridine rings is 1. The van der Waals surface area contributed by atoms with Crippen LogP contribution < -0.4 is 0 Å². The second-order valence-electron chi connectivity index (χ2n) is 4.26. The van der Waals surface area contributed by atoms with Gasteiger partial charge in [0.2, 0.25) is 0 Å². The number of hydrogen-bond acceptors (Lipinski definition) is 2. The first-order valence-corrected chi connectivity index (χ1v) is 6.80. The maximum Gasteiger partial charge on any atom is 0.167 e. The first-order chi connectivity index (χ1) is 9.10. The van der Waals surface area contributed by atoms with E-state index in [1.165, 1.54) is 12.1 Å². The molecular weight excluding hydrogens is 309 g/mol. The first kappa shape index (κ1) is 13.9. The molecule has 0 saturated heterocycles. The summed E-state index contributed by atoms with van der Waals surface area (Å²) < 4.78 is 13.9. The molecule has 0 bridgehead atoms. The number of ketones is 1. The molecule has 0 spiro atoms. The smallest absolute Gasteiger partial charge is 0.167 e. The summed E-state index contributed by atoms with van der Waals surface area (Å²) >= 11 is 3.23. The molecule has 0 fully saturated rings. The minimum absolute atomic E-state index is 0.0169. The molecule has 2 rings (SSSR count). The number of benzene rings is 1. The number of nitrogens with zero attached hydrogens (tertiary/aromatic N) is 1. The number of carbonyl (C=O) groups excluding carboxylic acids is 1. The summed E-state index contributed by atoms with van der Waals surface area (Å²) in [5, 5.41) is 0. The van der Waals surface area contributed by atoms with Gasteiger partial charge in [-0.1, -0.05) is 22.9 Å². The Kier molecular flexibility index (Phi) is 4.43. The molecule has 1 aromatic carbocycles. The van der Waals surface area contributed by atoms with Gasteiger partial charge in [-0.05, 0) is 41.8 Å². The highest BCUT2D eigenvalue weighted by Crippen LogP contribution is 2.18. The highest BCUT2D eigenvalue weighted by Gasteiger charge is 2.12. The van der Waals surface area contributed by atoms with E-state index in [9.17, 15) is 9.18 Å². The molecule has 0 saturated carbocycles. The van der Waals surface area contributed by atoms with Gasteiger partial charge < -0.3 is 0 Å². The van der Waals surface area contributed by atoms with E-state index in [1.54, 1.807) is 24.5 Å². The fraction of sp³-hybridized carbons (Fsp3) is 0.200. The van der Waals surface area contributed by atoms with Crippen LogP contribution in [0, 0.1) is 5.82 Å². The van der Waals surface area contributed by atoms with Gasteiger partial charge in [-0.3, -0.25) is 9.78 Å². The summed E-state index contributed by atoms with van der Waals surface area (Å²) in [6.45, 7) is 1.98. The van der Waals surface area contributed by atoms with E-state index in [0.717, 1.165) is 12.0 Å². The molecule has 0 N–H and O–H groups in total. The average molecular weight is 322 g/mol. The van der Waals surface area contributed by atoms with Gasteiger partial charge in [0.15, 0.2) is 5.78 Å². The maximum absolute atomic E-state index is 13.3. The van der Waals surface area contributed by atoms with Crippen LogP contribution in [0.25, 0.3) is 0 Å². The topological polar surface area (TPSA) is 30.0 Å². The van der Waals surface area contributed by atoms with Gasteiger partial charge in [-0.25, -0.2) is 4.39 Å². The summed E-state index contributed by atoms with van der Waals surface area (Å²) in [5.41, 5.74) is 2.25. The van der Waals surface area contributed by atoms with Crippen molar-refractivity contribution in [2.24, 2.45) is 0 Å². The number of carbonyl (C=O) groups is 1. The minimum atomic E-state index is -0.345. The van der Waals surface area contributed by atoms with Crippen molar-refractivity contribution in [3.8, 4) is 0 Å². The van der Waals surface area contributed by atoms with Gasteiger partial charge in [-0.15, -0.1) is 0 Å². The minimum Gasteiger partial charge on any atom is -0.294 e. The largest absolute Gasteiger partial charge is 0.294 e.